The fraction of sp³-hybridized carbons (Fsp3) is 0.600. The van der Waals surface area contributed by atoms with Crippen molar-refractivity contribution in [1.82, 2.24) is 19.4 Å². The van der Waals surface area contributed by atoms with Crippen molar-refractivity contribution in [2.24, 2.45) is 13.0 Å². The van der Waals surface area contributed by atoms with E-state index in [0.29, 0.717) is 5.92 Å². The molecule has 0 spiro atoms. The van der Waals surface area contributed by atoms with Gasteiger partial charge in [-0.15, -0.1) is 11.3 Å². The first-order valence-corrected chi connectivity index (χ1v) is 8.30. The first kappa shape index (κ1) is 14.7. The highest BCUT2D eigenvalue weighted by atomic mass is 32.1. The molecule has 0 amide bonds. The van der Waals surface area contributed by atoms with Crippen molar-refractivity contribution in [1.29, 1.82) is 0 Å². The van der Waals surface area contributed by atoms with Gasteiger partial charge in [0.1, 0.15) is 16.9 Å². The number of aryl methyl sites for hydroxylation is 2. The molecule has 0 aliphatic carbocycles. The van der Waals surface area contributed by atoms with Crippen molar-refractivity contribution < 1.29 is 5.11 Å². The van der Waals surface area contributed by atoms with E-state index in [9.17, 15) is 5.11 Å². The standard InChI is InChI=1S/C15H22N4OS/c1-11-10-21-13(17-11)9-19-6-3-12(4-7-19)14(20)15-16-5-8-18(15)2/h5,8,10,12,14,20H,3-4,6-7,9H2,1-2H3. The van der Waals surface area contributed by atoms with Crippen LogP contribution in [0.5, 0.6) is 0 Å². The maximum atomic E-state index is 10.5. The SMILES string of the molecule is Cc1csc(CN2CCC(C(O)c3nccn3C)CC2)n1. The Morgan fingerprint density at radius 1 is 1.43 bits per heavy atom. The monoisotopic (exact) mass is 306 g/mol. The Hall–Kier alpha value is -1.24. The van der Waals surface area contributed by atoms with Crippen LogP contribution in [0.2, 0.25) is 0 Å². The lowest BCUT2D eigenvalue weighted by Crippen LogP contribution is -2.35. The first-order valence-electron chi connectivity index (χ1n) is 7.42. The molecule has 0 saturated carbocycles. The summed E-state index contributed by atoms with van der Waals surface area (Å²) in [6, 6.07) is 0. The summed E-state index contributed by atoms with van der Waals surface area (Å²) in [6.07, 6.45) is 5.21. The number of rotatable bonds is 4. The van der Waals surface area contributed by atoms with Crippen molar-refractivity contribution in [2.75, 3.05) is 13.1 Å². The summed E-state index contributed by atoms with van der Waals surface area (Å²) >= 11 is 1.73. The van der Waals surface area contributed by atoms with Crippen molar-refractivity contribution in [3.8, 4) is 0 Å². The van der Waals surface area contributed by atoms with Gasteiger partial charge in [0.2, 0.25) is 0 Å². The molecule has 5 nitrogen and oxygen atoms in total. The Labute approximate surface area is 129 Å². The molecule has 3 heterocycles. The van der Waals surface area contributed by atoms with E-state index in [2.05, 4.69) is 20.2 Å². The second-order valence-electron chi connectivity index (χ2n) is 5.84. The molecule has 1 aliphatic rings. The fourth-order valence-corrected chi connectivity index (χ4v) is 3.78. The Kier molecular flexibility index (Phi) is 4.37. The number of aromatic nitrogens is 3. The zero-order valence-electron chi connectivity index (χ0n) is 12.6. The van der Waals surface area contributed by atoms with Crippen LogP contribution in [-0.4, -0.2) is 37.6 Å². The smallest absolute Gasteiger partial charge is 0.137 e. The first-order chi connectivity index (χ1) is 10.1. The van der Waals surface area contributed by atoms with Crippen LogP contribution < -0.4 is 0 Å². The highest BCUT2D eigenvalue weighted by Gasteiger charge is 2.28. The molecule has 0 radical (unpaired) electrons. The number of likely N-dealkylation sites (tertiary alicyclic amines) is 1. The van der Waals surface area contributed by atoms with Gasteiger partial charge in [-0.1, -0.05) is 0 Å². The minimum Gasteiger partial charge on any atom is -0.385 e. The van der Waals surface area contributed by atoms with Crippen molar-refractivity contribution in [2.45, 2.75) is 32.4 Å². The normalized spacial score (nSPS) is 19.0. The Morgan fingerprint density at radius 2 is 2.19 bits per heavy atom. The van der Waals surface area contributed by atoms with Gasteiger partial charge >= 0.3 is 0 Å². The van der Waals surface area contributed by atoms with Crippen molar-refractivity contribution >= 4 is 11.3 Å². The van der Waals surface area contributed by atoms with Gasteiger partial charge in [0.25, 0.3) is 0 Å². The molecule has 1 N–H and O–H groups in total. The predicted molar refractivity (Wildman–Crippen MR) is 83.0 cm³/mol. The van der Waals surface area contributed by atoms with E-state index in [1.807, 2.05) is 24.7 Å². The Morgan fingerprint density at radius 3 is 2.76 bits per heavy atom. The summed E-state index contributed by atoms with van der Waals surface area (Å²) in [5.74, 6) is 1.09. The van der Waals surface area contributed by atoms with Crippen molar-refractivity contribution in [3.63, 3.8) is 0 Å². The molecular formula is C15H22N4OS. The van der Waals surface area contributed by atoms with Gasteiger partial charge in [-0.05, 0) is 38.8 Å². The van der Waals surface area contributed by atoms with E-state index in [1.54, 1.807) is 17.5 Å². The topological polar surface area (TPSA) is 54.2 Å². The number of thiazole rings is 1. The largest absolute Gasteiger partial charge is 0.385 e. The van der Waals surface area contributed by atoms with Gasteiger partial charge in [-0.25, -0.2) is 9.97 Å². The average molecular weight is 306 g/mol. The third-order valence-corrected chi connectivity index (χ3v) is 5.18. The molecule has 1 fully saturated rings. The number of nitrogens with zero attached hydrogens (tertiary/aromatic N) is 4. The van der Waals surface area contributed by atoms with Crippen LogP contribution in [0.3, 0.4) is 0 Å². The number of imidazole rings is 1. The Bertz CT molecular complexity index is 586. The molecule has 21 heavy (non-hydrogen) atoms. The molecule has 0 bridgehead atoms. The highest BCUT2D eigenvalue weighted by Crippen LogP contribution is 2.30. The fourth-order valence-electron chi connectivity index (χ4n) is 2.97. The maximum absolute atomic E-state index is 10.5. The van der Waals surface area contributed by atoms with Gasteiger partial charge in [0.05, 0.1) is 6.54 Å². The van der Waals surface area contributed by atoms with Crippen LogP contribution in [0, 0.1) is 12.8 Å². The van der Waals surface area contributed by atoms with Crippen LogP contribution in [0.1, 0.15) is 35.5 Å². The minimum atomic E-state index is -0.450. The van der Waals surface area contributed by atoms with Gasteiger partial charge in [-0.2, -0.15) is 0 Å². The number of aliphatic hydroxyl groups is 1. The summed E-state index contributed by atoms with van der Waals surface area (Å²) < 4.78 is 1.91. The molecule has 2 aromatic heterocycles. The molecular weight excluding hydrogens is 284 g/mol. The van der Waals surface area contributed by atoms with E-state index in [4.69, 9.17) is 0 Å². The number of hydrogen-bond acceptors (Lipinski definition) is 5. The second-order valence-corrected chi connectivity index (χ2v) is 6.78. The lowest BCUT2D eigenvalue weighted by molar-refractivity contribution is 0.0492. The van der Waals surface area contributed by atoms with Crippen LogP contribution in [0.15, 0.2) is 17.8 Å². The quantitative estimate of drug-likeness (QED) is 0.940. The predicted octanol–water partition coefficient (Wildman–Crippen LogP) is 2.13. The van der Waals surface area contributed by atoms with Gasteiger partial charge in [0.15, 0.2) is 0 Å². The third-order valence-electron chi connectivity index (χ3n) is 4.23. The maximum Gasteiger partial charge on any atom is 0.137 e. The van der Waals surface area contributed by atoms with Crippen LogP contribution in [-0.2, 0) is 13.6 Å². The zero-order chi connectivity index (χ0) is 14.8. The Balaban J connectivity index is 1.54. The summed E-state index contributed by atoms with van der Waals surface area (Å²) in [6.45, 7) is 5.01. The second kappa shape index (κ2) is 6.25. The van der Waals surface area contributed by atoms with Crippen molar-refractivity contribution in [3.05, 3.63) is 34.3 Å². The van der Waals surface area contributed by atoms with Gasteiger partial charge in [-0.3, -0.25) is 4.90 Å². The number of piperidine rings is 1. The molecule has 6 heteroatoms. The minimum absolute atomic E-state index is 0.306. The summed E-state index contributed by atoms with van der Waals surface area (Å²) in [4.78, 5) is 11.2. The summed E-state index contributed by atoms with van der Waals surface area (Å²) in [5, 5.41) is 13.8. The third kappa shape index (κ3) is 3.33. The number of aliphatic hydroxyl groups excluding tert-OH is 1. The lowest BCUT2D eigenvalue weighted by Gasteiger charge is -2.33. The highest BCUT2D eigenvalue weighted by molar-refractivity contribution is 7.09. The van der Waals surface area contributed by atoms with E-state index < -0.39 is 6.10 Å². The van der Waals surface area contributed by atoms with Crippen LogP contribution >= 0.6 is 11.3 Å². The molecule has 2 aromatic rings. The lowest BCUT2D eigenvalue weighted by atomic mass is 9.91. The molecule has 3 rings (SSSR count). The molecule has 1 unspecified atom stereocenters. The van der Waals surface area contributed by atoms with E-state index in [0.717, 1.165) is 44.0 Å². The zero-order valence-corrected chi connectivity index (χ0v) is 13.4. The summed E-state index contributed by atoms with van der Waals surface area (Å²) in [7, 11) is 1.94. The van der Waals surface area contributed by atoms with Crippen LogP contribution in [0.4, 0.5) is 0 Å². The molecule has 114 valence electrons. The van der Waals surface area contributed by atoms with E-state index in [-0.39, 0.29) is 0 Å². The van der Waals surface area contributed by atoms with Crippen LogP contribution in [0.25, 0.3) is 0 Å². The van der Waals surface area contributed by atoms with Gasteiger partial charge < -0.3 is 9.67 Å². The van der Waals surface area contributed by atoms with Gasteiger partial charge in [0, 0.05) is 30.5 Å². The summed E-state index contributed by atoms with van der Waals surface area (Å²) in [5.41, 5.74) is 1.11. The molecule has 1 aliphatic heterocycles. The molecule has 0 aromatic carbocycles. The molecule has 1 atom stereocenters. The van der Waals surface area contributed by atoms with E-state index >= 15 is 0 Å². The molecule has 1 saturated heterocycles. The average Bonchev–Trinajstić information content (AvgIpc) is 3.08. The van der Waals surface area contributed by atoms with E-state index in [1.165, 1.54) is 5.01 Å². The number of hydrogen-bond donors (Lipinski definition) is 1.